The third-order valence-electron chi connectivity index (χ3n) is 4.63. The van der Waals surface area contributed by atoms with Gasteiger partial charge in [0.1, 0.15) is 11.8 Å². The number of quaternary nitrogens is 1. The molecule has 0 spiro atoms. The van der Waals surface area contributed by atoms with E-state index in [1.165, 1.54) is 33.4 Å². The highest BCUT2D eigenvalue weighted by Gasteiger charge is 2.30. The monoisotopic (exact) mass is 344 g/mol. The van der Waals surface area contributed by atoms with E-state index in [0.29, 0.717) is 13.3 Å². The molecular formula is C18H22N3O4+. The second-order valence-corrected chi connectivity index (χ2v) is 6.22. The van der Waals surface area contributed by atoms with E-state index in [4.69, 9.17) is 4.74 Å². The first-order valence-corrected chi connectivity index (χ1v) is 8.50. The SMILES string of the molecule is CCOc1ccc([C@H]2CCC[NH+]2Cn2cc([N+](=O)[O-])ccc2=O)cc1. The summed E-state index contributed by atoms with van der Waals surface area (Å²) < 4.78 is 6.93. The first-order valence-electron chi connectivity index (χ1n) is 8.50. The molecule has 3 rings (SSSR count). The van der Waals surface area contributed by atoms with Gasteiger partial charge in [0.05, 0.1) is 24.3 Å². The zero-order valence-corrected chi connectivity index (χ0v) is 14.2. The molecule has 0 radical (unpaired) electrons. The highest BCUT2D eigenvalue weighted by Crippen LogP contribution is 2.22. The van der Waals surface area contributed by atoms with Crippen LogP contribution < -0.4 is 15.2 Å². The molecule has 1 aliphatic heterocycles. The van der Waals surface area contributed by atoms with Crippen molar-refractivity contribution in [2.45, 2.75) is 32.5 Å². The third-order valence-corrected chi connectivity index (χ3v) is 4.63. The second kappa shape index (κ2) is 7.48. The van der Waals surface area contributed by atoms with Crippen molar-refractivity contribution < 1.29 is 14.6 Å². The number of nitro groups is 1. The summed E-state index contributed by atoms with van der Waals surface area (Å²) in [4.78, 5) is 23.8. The summed E-state index contributed by atoms with van der Waals surface area (Å²) in [5.74, 6) is 0.848. The molecule has 0 amide bonds. The molecule has 132 valence electrons. The minimum absolute atomic E-state index is 0.0594. The molecule has 1 saturated heterocycles. The summed E-state index contributed by atoms with van der Waals surface area (Å²) in [5.41, 5.74) is 0.931. The zero-order valence-electron chi connectivity index (χ0n) is 14.2. The number of rotatable bonds is 6. The van der Waals surface area contributed by atoms with Crippen LogP contribution in [-0.4, -0.2) is 22.6 Å². The van der Waals surface area contributed by atoms with Crippen molar-refractivity contribution in [2.24, 2.45) is 0 Å². The summed E-state index contributed by atoms with van der Waals surface area (Å²) in [6, 6.07) is 10.9. The van der Waals surface area contributed by atoms with Crippen molar-refractivity contribution in [3.63, 3.8) is 0 Å². The van der Waals surface area contributed by atoms with E-state index >= 15 is 0 Å². The molecule has 2 heterocycles. The maximum Gasteiger partial charge on any atom is 0.285 e. The Morgan fingerprint density at radius 3 is 2.72 bits per heavy atom. The van der Waals surface area contributed by atoms with Crippen molar-refractivity contribution >= 4 is 5.69 Å². The van der Waals surface area contributed by atoms with Gasteiger partial charge in [-0.3, -0.25) is 19.5 Å². The summed E-state index contributed by atoms with van der Waals surface area (Å²) in [7, 11) is 0. The van der Waals surface area contributed by atoms with Gasteiger partial charge in [0, 0.05) is 30.5 Å². The number of ether oxygens (including phenoxy) is 1. The number of likely N-dealkylation sites (tertiary alicyclic amines) is 1. The van der Waals surface area contributed by atoms with E-state index in [1.807, 2.05) is 19.1 Å². The van der Waals surface area contributed by atoms with E-state index in [-0.39, 0.29) is 17.3 Å². The predicted octanol–water partition coefficient (Wildman–Crippen LogP) is 1.53. The van der Waals surface area contributed by atoms with Crippen molar-refractivity contribution in [1.82, 2.24) is 4.57 Å². The van der Waals surface area contributed by atoms with Crippen molar-refractivity contribution in [1.29, 1.82) is 0 Å². The van der Waals surface area contributed by atoms with Crippen LogP contribution in [0.2, 0.25) is 0 Å². The first-order chi connectivity index (χ1) is 12.1. The van der Waals surface area contributed by atoms with Crippen LogP contribution in [0.1, 0.15) is 31.4 Å². The number of benzene rings is 1. The molecule has 1 N–H and O–H groups in total. The molecule has 1 aliphatic rings. The zero-order chi connectivity index (χ0) is 17.8. The predicted molar refractivity (Wildman–Crippen MR) is 92.8 cm³/mol. The number of hydrogen-bond donors (Lipinski definition) is 1. The van der Waals surface area contributed by atoms with Crippen LogP contribution in [-0.2, 0) is 6.67 Å². The van der Waals surface area contributed by atoms with Crippen LogP contribution in [0.15, 0.2) is 47.4 Å². The third kappa shape index (κ3) is 3.88. The normalized spacial score (nSPS) is 19.7. The number of nitrogens with one attached hydrogen (secondary N) is 1. The van der Waals surface area contributed by atoms with Gasteiger partial charge < -0.3 is 9.64 Å². The van der Waals surface area contributed by atoms with E-state index in [2.05, 4.69) is 12.1 Å². The Bertz CT molecular complexity index is 801. The Kier molecular flexibility index (Phi) is 5.14. The molecule has 1 fully saturated rings. The van der Waals surface area contributed by atoms with E-state index in [1.54, 1.807) is 0 Å². The topological polar surface area (TPSA) is 78.8 Å². The van der Waals surface area contributed by atoms with E-state index in [0.717, 1.165) is 25.1 Å². The maximum absolute atomic E-state index is 12.1. The minimum Gasteiger partial charge on any atom is -0.494 e. The van der Waals surface area contributed by atoms with Gasteiger partial charge in [-0.05, 0) is 31.2 Å². The van der Waals surface area contributed by atoms with Gasteiger partial charge in [0.25, 0.3) is 11.2 Å². The van der Waals surface area contributed by atoms with Crippen molar-refractivity contribution in [3.05, 3.63) is 68.6 Å². The molecule has 1 aromatic heterocycles. The standard InChI is InChI=1S/C18H21N3O4/c1-2-25-16-8-5-14(6-9-16)17-4-3-11-19(17)13-20-12-15(21(23)24)7-10-18(20)22/h5-10,12,17H,2-4,11,13H2,1H3/p+1/t17-/m1/s1. The van der Waals surface area contributed by atoms with Crippen LogP contribution in [0.5, 0.6) is 5.75 Å². The molecule has 25 heavy (non-hydrogen) atoms. The van der Waals surface area contributed by atoms with Crippen molar-refractivity contribution in [3.8, 4) is 5.75 Å². The lowest BCUT2D eigenvalue weighted by atomic mass is 10.0. The summed E-state index contributed by atoms with van der Waals surface area (Å²) in [6.07, 6.45) is 3.44. The van der Waals surface area contributed by atoms with Gasteiger partial charge in [-0.15, -0.1) is 0 Å². The van der Waals surface area contributed by atoms with Crippen LogP contribution >= 0.6 is 0 Å². The lowest BCUT2D eigenvalue weighted by molar-refractivity contribution is -0.940. The highest BCUT2D eigenvalue weighted by molar-refractivity contribution is 5.28. The molecule has 7 heteroatoms. The molecular weight excluding hydrogens is 322 g/mol. The Hall–Kier alpha value is -2.67. The lowest BCUT2D eigenvalue weighted by Gasteiger charge is -2.22. The largest absolute Gasteiger partial charge is 0.494 e. The molecule has 1 aromatic carbocycles. The lowest BCUT2D eigenvalue weighted by Crippen LogP contribution is -3.09. The molecule has 0 aliphatic carbocycles. The fraction of sp³-hybridized carbons (Fsp3) is 0.389. The highest BCUT2D eigenvalue weighted by atomic mass is 16.6. The average molecular weight is 344 g/mol. The average Bonchev–Trinajstić information content (AvgIpc) is 3.06. The van der Waals surface area contributed by atoms with Gasteiger partial charge in [0.15, 0.2) is 6.67 Å². The number of hydrogen-bond acceptors (Lipinski definition) is 4. The maximum atomic E-state index is 12.1. The second-order valence-electron chi connectivity index (χ2n) is 6.22. The Labute approximate surface area is 145 Å². The quantitative estimate of drug-likeness (QED) is 0.637. The molecule has 0 bridgehead atoms. The Balaban J connectivity index is 1.79. The summed E-state index contributed by atoms with van der Waals surface area (Å²) in [6.45, 7) is 3.95. The van der Waals surface area contributed by atoms with Crippen LogP contribution in [0.4, 0.5) is 5.69 Å². The summed E-state index contributed by atoms with van der Waals surface area (Å²) in [5, 5.41) is 10.9. The fourth-order valence-corrected chi connectivity index (χ4v) is 3.44. The van der Waals surface area contributed by atoms with E-state index in [9.17, 15) is 14.9 Å². The van der Waals surface area contributed by atoms with Gasteiger partial charge >= 0.3 is 0 Å². The van der Waals surface area contributed by atoms with Crippen LogP contribution in [0.3, 0.4) is 0 Å². The van der Waals surface area contributed by atoms with Gasteiger partial charge in [-0.1, -0.05) is 0 Å². The van der Waals surface area contributed by atoms with Crippen molar-refractivity contribution in [2.75, 3.05) is 13.2 Å². The van der Waals surface area contributed by atoms with Gasteiger partial charge in [-0.2, -0.15) is 0 Å². The summed E-state index contributed by atoms with van der Waals surface area (Å²) >= 11 is 0. The Morgan fingerprint density at radius 2 is 2.04 bits per heavy atom. The Morgan fingerprint density at radius 1 is 1.28 bits per heavy atom. The number of aromatic nitrogens is 1. The molecule has 2 aromatic rings. The number of nitrogens with zero attached hydrogens (tertiary/aromatic N) is 2. The van der Waals surface area contributed by atoms with E-state index < -0.39 is 4.92 Å². The number of pyridine rings is 1. The van der Waals surface area contributed by atoms with Gasteiger partial charge in [-0.25, -0.2) is 0 Å². The molecule has 0 saturated carbocycles. The van der Waals surface area contributed by atoms with Gasteiger partial charge in [0.2, 0.25) is 0 Å². The molecule has 1 unspecified atom stereocenters. The smallest absolute Gasteiger partial charge is 0.285 e. The molecule has 7 nitrogen and oxygen atoms in total. The first kappa shape index (κ1) is 17.2. The molecule has 2 atom stereocenters. The minimum atomic E-state index is -0.473. The fourth-order valence-electron chi connectivity index (χ4n) is 3.44. The van der Waals surface area contributed by atoms with Crippen LogP contribution in [0, 0.1) is 10.1 Å². The van der Waals surface area contributed by atoms with Crippen LogP contribution in [0.25, 0.3) is 0 Å².